The molecule has 0 aliphatic rings. The second-order valence-corrected chi connectivity index (χ2v) is 4.47. The lowest BCUT2D eigenvalue weighted by atomic mass is 10.3. The minimum Gasteiger partial charge on any atom is -0.377 e. The molecule has 2 rings (SSSR count). The molecule has 0 radical (unpaired) electrons. The molecule has 82 valence electrons. The van der Waals surface area contributed by atoms with Crippen LogP contribution in [0.2, 0.25) is 5.02 Å². The van der Waals surface area contributed by atoms with Gasteiger partial charge in [0.15, 0.2) is 0 Å². The summed E-state index contributed by atoms with van der Waals surface area (Å²) < 4.78 is 0.957. The first kappa shape index (κ1) is 11.4. The Balaban J connectivity index is 2.05. The maximum atomic E-state index is 6.06. The zero-order valence-corrected chi connectivity index (χ0v) is 10.7. The number of anilines is 1. The molecule has 2 aromatic rings. The van der Waals surface area contributed by atoms with Gasteiger partial charge in [0.1, 0.15) is 5.82 Å². The van der Waals surface area contributed by atoms with E-state index in [1.165, 1.54) is 0 Å². The summed E-state index contributed by atoms with van der Waals surface area (Å²) in [6.07, 6.45) is 3.43. The summed E-state index contributed by atoms with van der Waals surface area (Å²) in [6, 6.07) is 7.47. The summed E-state index contributed by atoms with van der Waals surface area (Å²) in [5, 5.41) is 3.85. The number of benzene rings is 1. The minimum absolute atomic E-state index is 0.558. The van der Waals surface area contributed by atoms with Crippen LogP contribution in [0.5, 0.6) is 0 Å². The Hall–Kier alpha value is -1.13. The van der Waals surface area contributed by atoms with E-state index in [-0.39, 0.29) is 0 Å². The largest absolute Gasteiger partial charge is 0.377 e. The molecule has 0 atom stereocenters. The highest BCUT2D eigenvalue weighted by Gasteiger charge is 2.01. The fourth-order valence-corrected chi connectivity index (χ4v) is 1.97. The van der Waals surface area contributed by atoms with Crippen molar-refractivity contribution in [2.45, 2.75) is 6.54 Å². The predicted octanol–water partition coefficient (Wildman–Crippen LogP) is 3.50. The normalized spacial score (nSPS) is 10.1. The van der Waals surface area contributed by atoms with Gasteiger partial charge in [0.2, 0.25) is 0 Å². The Bertz CT molecular complexity index is 476. The van der Waals surface area contributed by atoms with Crippen LogP contribution >= 0.6 is 27.5 Å². The first-order valence-electron chi connectivity index (χ1n) is 4.70. The molecule has 1 aromatic heterocycles. The van der Waals surface area contributed by atoms with Gasteiger partial charge >= 0.3 is 0 Å². The van der Waals surface area contributed by atoms with E-state index in [2.05, 4.69) is 31.2 Å². The average Bonchev–Trinajstić information content (AvgIpc) is 2.29. The quantitative estimate of drug-likeness (QED) is 0.942. The van der Waals surface area contributed by atoms with Crippen LogP contribution in [0.3, 0.4) is 0 Å². The van der Waals surface area contributed by atoms with E-state index in [1.807, 2.05) is 18.2 Å². The lowest BCUT2D eigenvalue weighted by Crippen LogP contribution is -2.03. The Morgan fingerprint density at radius 3 is 2.69 bits per heavy atom. The highest BCUT2D eigenvalue weighted by atomic mass is 79.9. The third-order valence-electron chi connectivity index (χ3n) is 1.99. The lowest BCUT2D eigenvalue weighted by Gasteiger charge is -2.07. The average molecular weight is 299 g/mol. The third-order valence-corrected chi connectivity index (χ3v) is 2.79. The SMILES string of the molecule is Clc1cc(Br)ccc1NCc1ncccn1. The molecule has 0 aliphatic carbocycles. The Labute approximate surface area is 107 Å². The fourth-order valence-electron chi connectivity index (χ4n) is 1.23. The van der Waals surface area contributed by atoms with Crippen LogP contribution in [-0.2, 0) is 6.54 Å². The van der Waals surface area contributed by atoms with Crippen molar-refractivity contribution < 1.29 is 0 Å². The highest BCUT2D eigenvalue weighted by molar-refractivity contribution is 9.10. The topological polar surface area (TPSA) is 37.8 Å². The van der Waals surface area contributed by atoms with Crippen molar-refractivity contribution in [3.05, 3.63) is 52.0 Å². The second-order valence-electron chi connectivity index (χ2n) is 3.14. The van der Waals surface area contributed by atoms with Crippen molar-refractivity contribution in [2.75, 3.05) is 5.32 Å². The van der Waals surface area contributed by atoms with Crippen LogP contribution in [0.15, 0.2) is 41.1 Å². The molecule has 1 heterocycles. The molecule has 0 spiro atoms. The number of hydrogen-bond donors (Lipinski definition) is 1. The first-order valence-corrected chi connectivity index (χ1v) is 5.87. The van der Waals surface area contributed by atoms with E-state index in [0.717, 1.165) is 16.0 Å². The Morgan fingerprint density at radius 2 is 2.00 bits per heavy atom. The predicted molar refractivity (Wildman–Crippen MR) is 68.5 cm³/mol. The van der Waals surface area contributed by atoms with Crippen LogP contribution in [0.1, 0.15) is 5.82 Å². The van der Waals surface area contributed by atoms with Crippen molar-refractivity contribution in [3.63, 3.8) is 0 Å². The number of aromatic nitrogens is 2. The number of nitrogens with zero attached hydrogens (tertiary/aromatic N) is 2. The van der Waals surface area contributed by atoms with Gasteiger partial charge in [-0.2, -0.15) is 0 Å². The molecule has 0 unspecified atom stereocenters. The first-order chi connectivity index (χ1) is 7.75. The molecule has 5 heteroatoms. The van der Waals surface area contributed by atoms with Crippen molar-refractivity contribution >= 4 is 33.2 Å². The van der Waals surface area contributed by atoms with Gasteiger partial charge < -0.3 is 5.32 Å². The van der Waals surface area contributed by atoms with Gasteiger partial charge in [-0.3, -0.25) is 0 Å². The maximum Gasteiger partial charge on any atom is 0.147 e. The number of rotatable bonds is 3. The van der Waals surface area contributed by atoms with Crippen LogP contribution in [0.25, 0.3) is 0 Å². The summed E-state index contributed by atoms with van der Waals surface area (Å²) in [5.41, 5.74) is 0.873. The molecule has 3 nitrogen and oxygen atoms in total. The maximum absolute atomic E-state index is 6.06. The number of halogens is 2. The molecular formula is C11H9BrClN3. The molecule has 0 amide bonds. The zero-order chi connectivity index (χ0) is 11.4. The van der Waals surface area contributed by atoms with E-state index >= 15 is 0 Å². The minimum atomic E-state index is 0.558. The number of hydrogen-bond acceptors (Lipinski definition) is 3. The van der Waals surface area contributed by atoms with Gasteiger partial charge in [-0.1, -0.05) is 27.5 Å². The summed E-state index contributed by atoms with van der Waals surface area (Å²) in [7, 11) is 0. The summed E-state index contributed by atoms with van der Waals surface area (Å²) in [6.45, 7) is 0.558. The van der Waals surface area contributed by atoms with Gasteiger partial charge in [-0.15, -0.1) is 0 Å². The highest BCUT2D eigenvalue weighted by Crippen LogP contribution is 2.25. The molecule has 0 fully saturated rings. The van der Waals surface area contributed by atoms with Gasteiger partial charge in [0.25, 0.3) is 0 Å². The molecule has 0 saturated heterocycles. The molecular weight excluding hydrogens is 289 g/mol. The van der Waals surface area contributed by atoms with E-state index in [1.54, 1.807) is 18.5 Å². The van der Waals surface area contributed by atoms with E-state index in [4.69, 9.17) is 11.6 Å². The smallest absolute Gasteiger partial charge is 0.147 e. The van der Waals surface area contributed by atoms with Crippen molar-refractivity contribution in [1.29, 1.82) is 0 Å². The molecule has 0 bridgehead atoms. The van der Waals surface area contributed by atoms with Gasteiger partial charge in [0.05, 0.1) is 17.3 Å². The Morgan fingerprint density at radius 1 is 1.25 bits per heavy atom. The zero-order valence-electron chi connectivity index (χ0n) is 8.32. The summed E-state index contributed by atoms with van der Waals surface area (Å²) in [5.74, 6) is 0.737. The molecule has 1 N–H and O–H groups in total. The third kappa shape index (κ3) is 2.93. The van der Waals surface area contributed by atoms with Crippen molar-refractivity contribution in [1.82, 2.24) is 9.97 Å². The van der Waals surface area contributed by atoms with Crippen molar-refractivity contribution in [2.24, 2.45) is 0 Å². The van der Waals surface area contributed by atoms with Crippen LogP contribution < -0.4 is 5.32 Å². The Kier molecular flexibility index (Phi) is 3.74. The van der Waals surface area contributed by atoms with E-state index < -0.39 is 0 Å². The van der Waals surface area contributed by atoms with Crippen molar-refractivity contribution in [3.8, 4) is 0 Å². The van der Waals surface area contributed by atoms with Crippen LogP contribution in [0.4, 0.5) is 5.69 Å². The summed E-state index contributed by atoms with van der Waals surface area (Å²) >= 11 is 9.42. The molecule has 1 aromatic carbocycles. The van der Waals surface area contributed by atoms with E-state index in [0.29, 0.717) is 11.6 Å². The number of nitrogens with one attached hydrogen (secondary N) is 1. The van der Waals surface area contributed by atoms with Crippen LogP contribution in [-0.4, -0.2) is 9.97 Å². The lowest BCUT2D eigenvalue weighted by molar-refractivity contribution is 0.948. The second kappa shape index (κ2) is 5.27. The molecule has 0 saturated carbocycles. The van der Waals surface area contributed by atoms with Gasteiger partial charge in [-0.05, 0) is 24.3 Å². The standard InChI is InChI=1S/C11H9BrClN3/c12-8-2-3-10(9(13)6-8)16-7-11-14-4-1-5-15-11/h1-6,16H,7H2. The van der Waals surface area contributed by atoms with E-state index in [9.17, 15) is 0 Å². The summed E-state index contributed by atoms with van der Waals surface area (Å²) in [4.78, 5) is 8.23. The fraction of sp³-hybridized carbons (Fsp3) is 0.0909. The van der Waals surface area contributed by atoms with Gasteiger partial charge in [0, 0.05) is 16.9 Å². The van der Waals surface area contributed by atoms with Gasteiger partial charge in [-0.25, -0.2) is 9.97 Å². The molecule has 16 heavy (non-hydrogen) atoms. The molecule has 0 aliphatic heterocycles. The monoisotopic (exact) mass is 297 g/mol. The van der Waals surface area contributed by atoms with Crippen LogP contribution in [0, 0.1) is 0 Å².